The Balaban J connectivity index is 1.78. The number of rotatable bonds is 3. The molecule has 0 unspecified atom stereocenters. The molecule has 0 saturated carbocycles. The van der Waals surface area contributed by atoms with E-state index < -0.39 is 34.5 Å². The minimum Gasteiger partial charge on any atom is -0.272 e. The average molecular weight is 329 g/mol. The fraction of sp³-hybridized carbons (Fsp3) is 0.312. The predicted molar refractivity (Wildman–Crippen MR) is 82.4 cm³/mol. The summed E-state index contributed by atoms with van der Waals surface area (Å²) in [5, 5.41) is 11.5. The van der Waals surface area contributed by atoms with Crippen LogP contribution in [0.2, 0.25) is 0 Å². The number of nitrogens with one attached hydrogen (secondary N) is 1. The first kappa shape index (κ1) is 15.9. The van der Waals surface area contributed by atoms with Crippen molar-refractivity contribution in [3.8, 4) is 0 Å². The smallest absolute Gasteiger partial charge is 0.270 e. The monoisotopic (exact) mass is 329 g/mol. The zero-order valence-corrected chi connectivity index (χ0v) is 12.9. The second-order valence-corrected chi connectivity index (χ2v) is 5.96. The van der Waals surface area contributed by atoms with Crippen LogP contribution in [0.4, 0.5) is 5.69 Å². The zero-order valence-electron chi connectivity index (χ0n) is 12.9. The minimum absolute atomic E-state index is 0.00831. The summed E-state index contributed by atoms with van der Waals surface area (Å²) in [5.41, 5.74) is 3.10. The molecule has 2 aliphatic rings. The number of non-ortho nitro benzene ring substituents is 1. The number of amides is 3. The van der Waals surface area contributed by atoms with E-state index >= 15 is 0 Å². The topological polar surface area (TPSA) is 110 Å². The quantitative estimate of drug-likeness (QED) is 0.392. The van der Waals surface area contributed by atoms with Gasteiger partial charge >= 0.3 is 0 Å². The van der Waals surface area contributed by atoms with Crippen molar-refractivity contribution < 1.29 is 19.3 Å². The van der Waals surface area contributed by atoms with Crippen molar-refractivity contribution in [2.75, 3.05) is 0 Å². The normalized spacial score (nSPS) is 22.9. The molecule has 124 valence electrons. The molecule has 1 aliphatic heterocycles. The van der Waals surface area contributed by atoms with Gasteiger partial charge in [-0.2, -0.15) is 5.01 Å². The zero-order chi connectivity index (χ0) is 17.4. The van der Waals surface area contributed by atoms with E-state index in [9.17, 15) is 24.5 Å². The first-order chi connectivity index (χ1) is 11.4. The van der Waals surface area contributed by atoms with Crippen LogP contribution in [-0.2, 0) is 9.59 Å². The molecule has 8 nitrogen and oxygen atoms in total. The third-order valence-corrected chi connectivity index (χ3v) is 4.36. The SMILES string of the molecule is CC1=CC[C@H]2C(=O)N(NC(=O)c3cccc([N+](=O)[O-])c3)C(=O)[C@H]2C1. The molecule has 2 atom stereocenters. The second kappa shape index (κ2) is 5.88. The summed E-state index contributed by atoms with van der Waals surface area (Å²) < 4.78 is 0. The molecule has 3 amide bonds. The molecule has 0 radical (unpaired) electrons. The van der Waals surface area contributed by atoms with E-state index in [1.54, 1.807) is 0 Å². The molecule has 1 N–H and O–H groups in total. The lowest BCUT2D eigenvalue weighted by Gasteiger charge is -2.18. The second-order valence-electron chi connectivity index (χ2n) is 5.96. The number of fused-ring (bicyclic) bond motifs is 1. The minimum atomic E-state index is -0.733. The van der Waals surface area contributed by atoms with Gasteiger partial charge in [0.15, 0.2) is 0 Å². The van der Waals surface area contributed by atoms with Crippen LogP contribution in [0, 0.1) is 22.0 Å². The van der Waals surface area contributed by atoms with Crippen LogP contribution < -0.4 is 5.43 Å². The highest BCUT2D eigenvalue weighted by molar-refractivity contribution is 6.08. The highest BCUT2D eigenvalue weighted by atomic mass is 16.6. The Hall–Kier alpha value is -3.03. The van der Waals surface area contributed by atoms with Crippen molar-refractivity contribution in [3.63, 3.8) is 0 Å². The maximum Gasteiger partial charge on any atom is 0.270 e. The maximum absolute atomic E-state index is 12.4. The van der Waals surface area contributed by atoms with E-state index in [1.807, 2.05) is 13.0 Å². The van der Waals surface area contributed by atoms with Gasteiger partial charge < -0.3 is 0 Å². The number of allylic oxidation sites excluding steroid dienone is 2. The van der Waals surface area contributed by atoms with Gasteiger partial charge in [0.25, 0.3) is 23.4 Å². The molecule has 1 fully saturated rings. The summed E-state index contributed by atoms with van der Waals surface area (Å²) in [7, 11) is 0. The Morgan fingerprint density at radius 3 is 2.71 bits per heavy atom. The van der Waals surface area contributed by atoms with Gasteiger partial charge in [0, 0.05) is 17.7 Å². The summed E-state index contributed by atoms with van der Waals surface area (Å²) in [4.78, 5) is 47.1. The molecule has 1 aromatic rings. The molecule has 0 aromatic heterocycles. The Kier molecular flexibility index (Phi) is 3.88. The lowest BCUT2D eigenvalue weighted by Crippen LogP contribution is -2.46. The van der Waals surface area contributed by atoms with Gasteiger partial charge in [0.05, 0.1) is 16.8 Å². The van der Waals surface area contributed by atoms with Crippen LogP contribution in [0.3, 0.4) is 0 Å². The number of nitro benzene ring substituents is 1. The molecule has 3 rings (SSSR count). The van der Waals surface area contributed by atoms with Crippen LogP contribution >= 0.6 is 0 Å². The standard InChI is InChI=1S/C16H15N3O5/c1-9-5-6-12-13(7-9)16(22)18(15(12)21)17-14(20)10-3-2-4-11(8-10)19(23)24/h2-5,8,12-13H,6-7H2,1H3,(H,17,20)/t12-,13+/m1/s1. The number of nitro groups is 1. The van der Waals surface area contributed by atoms with Gasteiger partial charge in [-0.05, 0) is 25.8 Å². The molecular weight excluding hydrogens is 314 g/mol. The molecule has 24 heavy (non-hydrogen) atoms. The van der Waals surface area contributed by atoms with E-state index in [0.717, 1.165) is 16.6 Å². The highest BCUT2D eigenvalue weighted by Gasteiger charge is 2.49. The predicted octanol–water partition coefficient (Wildman–Crippen LogP) is 1.58. The van der Waals surface area contributed by atoms with E-state index in [2.05, 4.69) is 5.43 Å². The van der Waals surface area contributed by atoms with Gasteiger partial charge in [-0.25, -0.2) is 0 Å². The fourth-order valence-corrected chi connectivity index (χ4v) is 3.07. The lowest BCUT2D eigenvalue weighted by molar-refractivity contribution is -0.384. The molecule has 8 heteroatoms. The first-order valence-electron chi connectivity index (χ1n) is 7.47. The Bertz CT molecular complexity index is 786. The summed E-state index contributed by atoms with van der Waals surface area (Å²) in [6.07, 6.45) is 2.90. The van der Waals surface area contributed by atoms with Gasteiger partial charge in [-0.15, -0.1) is 0 Å². The summed E-state index contributed by atoms with van der Waals surface area (Å²) in [6.45, 7) is 1.90. The van der Waals surface area contributed by atoms with E-state index in [1.165, 1.54) is 18.2 Å². The Morgan fingerprint density at radius 1 is 1.29 bits per heavy atom. The molecular formula is C16H15N3O5. The van der Waals surface area contributed by atoms with E-state index in [0.29, 0.717) is 12.8 Å². The number of imide groups is 1. The number of carbonyl (C=O) groups is 3. The molecule has 1 heterocycles. The molecule has 1 aromatic carbocycles. The fourth-order valence-electron chi connectivity index (χ4n) is 3.07. The van der Waals surface area contributed by atoms with Gasteiger partial charge in [-0.3, -0.25) is 29.9 Å². The Morgan fingerprint density at radius 2 is 2.00 bits per heavy atom. The maximum atomic E-state index is 12.4. The molecule has 1 aliphatic carbocycles. The lowest BCUT2D eigenvalue weighted by atomic mass is 9.82. The number of nitrogens with zero attached hydrogens (tertiary/aromatic N) is 2. The van der Waals surface area contributed by atoms with Crippen molar-refractivity contribution in [3.05, 3.63) is 51.6 Å². The van der Waals surface area contributed by atoms with Gasteiger partial charge in [0.1, 0.15) is 0 Å². The molecule has 1 saturated heterocycles. The van der Waals surface area contributed by atoms with Crippen molar-refractivity contribution in [2.45, 2.75) is 19.8 Å². The van der Waals surface area contributed by atoms with Crippen molar-refractivity contribution in [1.29, 1.82) is 0 Å². The molecule has 0 spiro atoms. The third-order valence-electron chi connectivity index (χ3n) is 4.36. The average Bonchev–Trinajstić information content (AvgIpc) is 2.79. The van der Waals surface area contributed by atoms with E-state index in [-0.39, 0.29) is 11.3 Å². The first-order valence-corrected chi connectivity index (χ1v) is 7.47. The van der Waals surface area contributed by atoms with Crippen LogP contribution in [0.5, 0.6) is 0 Å². The Labute approximate surface area is 137 Å². The van der Waals surface area contributed by atoms with Crippen LogP contribution in [0.15, 0.2) is 35.9 Å². The summed E-state index contributed by atoms with van der Waals surface area (Å²) in [6, 6.07) is 5.10. The number of benzene rings is 1. The summed E-state index contributed by atoms with van der Waals surface area (Å²) >= 11 is 0. The van der Waals surface area contributed by atoms with Crippen LogP contribution in [0.1, 0.15) is 30.1 Å². The number of hydrogen-bond acceptors (Lipinski definition) is 5. The number of hydrogen-bond donors (Lipinski definition) is 1. The van der Waals surface area contributed by atoms with Crippen LogP contribution in [0.25, 0.3) is 0 Å². The van der Waals surface area contributed by atoms with Crippen molar-refractivity contribution in [2.24, 2.45) is 11.8 Å². The van der Waals surface area contributed by atoms with Crippen molar-refractivity contribution >= 4 is 23.4 Å². The van der Waals surface area contributed by atoms with E-state index in [4.69, 9.17) is 0 Å². The van der Waals surface area contributed by atoms with Gasteiger partial charge in [-0.1, -0.05) is 17.7 Å². The van der Waals surface area contributed by atoms with Crippen molar-refractivity contribution in [1.82, 2.24) is 10.4 Å². The number of hydrazine groups is 1. The summed E-state index contributed by atoms with van der Waals surface area (Å²) in [5.74, 6) is -2.51. The number of carbonyl (C=O) groups excluding carboxylic acids is 3. The highest BCUT2D eigenvalue weighted by Crippen LogP contribution is 2.36. The molecule has 0 bridgehead atoms. The van der Waals surface area contributed by atoms with Gasteiger partial charge in [0.2, 0.25) is 0 Å². The third kappa shape index (κ3) is 2.66. The van der Waals surface area contributed by atoms with Crippen LogP contribution in [-0.4, -0.2) is 27.7 Å². The largest absolute Gasteiger partial charge is 0.272 e.